The van der Waals surface area contributed by atoms with Gasteiger partial charge in [-0.3, -0.25) is 11.3 Å². The van der Waals surface area contributed by atoms with Gasteiger partial charge in [0, 0.05) is 11.6 Å². The van der Waals surface area contributed by atoms with Crippen molar-refractivity contribution in [3.05, 3.63) is 34.9 Å². The predicted molar refractivity (Wildman–Crippen MR) is 79.1 cm³/mol. The molecule has 0 aromatic heterocycles. The van der Waals surface area contributed by atoms with Crippen molar-refractivity contribution in [2.45, 2.75) is 50.7 Å². The van der Waals surface area contributed by atoms with E-state index >= 15 is 0 Å². The predicted octanol–water partition coefficient (Wildman–Crippen LogP) is 3.06. The summed E-state index contributed by atoms with van der Waals surface area (Å²) in [4.78, 5) is 0. The minimum atomic E-state index is -0.136. The standard InChI is InChI=1S/C15H23ClN2O/c1-2-19-15(9-5-6-10-15)14(18-17)11-12-7-3-4-8-13(12)16/h3-4,7-8,14,18H,2,5-6,9-11,17H2,1H3. The number of nitrogens with one attached hydrogen (secondary N) is 1. The number of ether oxygens (including phenoxy) is 1. The van der Waals surface area contributed by atoms with E-state index < -0.39 is 0 Å². The lowest BCUT2D eigenvalue weighted by Gasteiger charge is -2.37. The second-order valence-corrected chi connectivity index (χ2v) is 5.63. The van der Waals surface area contributed by atoms with Crippen LogP contribution in [0.25, 0.3) is 0 Å². The topological polar surface area (TPSA) is 47.3 Å². The van der Waals surface area contributed by atoms with Crippen molar-refractivity contribution in [3.63, 3.8) is 0 Å². The average molecular weight is 283 g/mol. The molecule has 1 aromatic rings. The maximum absolute atomic E-state index is 6.25. The van der Waals surface area contributed by atoms with E-state index in [-0.39, 0.29) is 11.6 Å². The maximum Gasteiger partial charge on any atom is 0.0851 e. The molecule has 1 saturated carbocycles. The zero-order valence-corrected chi connectivity index (χ0v) is 12.2. The van der Waals surface area contributed by atoms with Gasteiger partial charge in [0.25, 0.3) is 0 Å². The Morgan fingerprint density at radius 1 is 1.37 bits per heavy atom. The lowest BCUT2D eigenvalue weighted by atomic mass is 9.87. The Hall–Kier alpha value is -0.610. The van der Waals surface area contributed by atoms with Gasteiger partial charge in [-0.15, -0.1) is 0 Å². The molecule has 1 aliphatic carbocycles. The molecule has 1 fully saturated rings. The molecule has 0 saturated heterocycles. The van der Waals surface area contributed by atoms with E-state index in [1.54, 1.807) is 0 Å². The SMILES string of the molecule is CCOC1(C(Cc2ccccc2Cl)NN)CCCC1. The van der Waals surface area contributed by atoms with Crippen LogP contribution in [0.5, 0.6) is 0 Å². The first-order chi connectivity index (χ1) is 9.22. The van der Waals surface area contributed by atoms with Gasteiger partial charge in [0.05, 0.1) is 11.6 Å². The van der Waals surface area contributed by atoms with Gasteiger partial charge in [0.2, 0.25) is 0 Å². The lowest BCUT2D eigenvalue weighted by Crippen LogP contribution is -2.54. The molecular weight excluding hydrogens is 260 g/mol. The highest BCUT2D eigenvalue weighted by Gasteiger charge is 2.41. The molecule has 3 N–H and O–H groups in total. The van der Waals surface area contributed by atoms with Crippen molar-refractivity contribution in [1.29, 1.82) is 0 Å². The fourth-order valence-corrected chi connectivity index (χ4v) is 3.35. The fraction of sp³-hybridized carbons (Fsp3) is 0.600. The Kier molecular flexibility index (Phi) is 5.22. The Bertz CT molecular complexity index is 405. The third kappa shape index (κ3) is 3.29. The first-order valence-corrected chi connectivity index (χ1v) is 7.43. The molecule has 2 rings (SSSR count). The second-order valence-electron chi connectivity index (χ2n) is 5.22. The van der Waals surface area contributed by atoms with Crippen molar-refractivity contribution in [2.75, 3.05) is 6.61 Å². The van der Waals surface area contributed by atoms with Crippen LogP contribution < -0.4 is 11.3 Å². The Balaban J connectivity index is 2.17. The highest BCUT2D eigenvalue weighted by Crippen LogP contribution is 2.37. The van der Waals surface area contributed by atoms with Gasteiger partial charge in [0.15, 0.2) is 0 Å². The quantitative estimate of drug-likeness (QED) is 0.623. The summed E-state index contributed by atoms with van der Waals surface area (Å²) in [5, 5.41) is 0.799. The zero-order chi connectivity index (χ0) is 13.7. The minimum absolute atomic E-state index is 0.106. The van der Waals surface area contributed by atoms with E-state index in [2.05, 4.69) is 11.5 Å². The molecule has 0 spiro atoms. The van der Waals surface area contributed by atoms with Crippen LogP contribution in [0.1, 0.15) is 38.2 Å². The van der Waals surface area contributed by atoms with Gasteiger partial charge in [0.1, 0.15) is 0 Å². The van der Waals surface area contributed by atoms with Crippen molar-refractivity contribution < 1.29 is 4.74 Å². The summed E-state index contributed by atoms with van der Waals surface area (Å²) in [6.45, 7) is 2.77. The van der Waals surface area contributed by atoms with Crippen molar-refractivity contribution >= 4 is 11.6 Å². The molecule has 0 heterocycles. The average Bonchev–Trinajstić information content (AvgIpc) is 2.88. The van der Waals surface area contributed by atoms with E-state index in [0.29, 0.717) is 0 Å². The first-order valence-electron chi connectivity index (χ1n) is 7.05. The van der Waals surface area contributed by atoms with Gasteiger partial charge in [-0.1, -0.05) is 42.6 Å². The number of halogens is 1. The highest BCUT2D eigenvalue weighted by molar-refractivity contribution is 6.31. The van der Waals surface area contributed by atoms with E-state index in [4.69, 9.17) is 22.2 Å². The fourth-order valence-electron chi connectivity index (χ4n) is 3.13. The Labute approximate surface area is 120 Å². The van der Waals surface area contributed by atoms with E-state index in [0.717, 1.165) is 36.5 Å². The summed E-state index contributed by atoms with van der Waals surface area (Å²) in [5.74, 6) is 5.79. The van der Waals surface area contributed by atoms with Crippen LogP contribution in [-0.4, -0.2) is 18.2 Å². The molecule has 0 radical (unpaired) electrons. The summed E-state index contributed by atoms with van der Waals surface area (Å²) >= 11 is 6.25. The Morgan fingerprint density at radius 2 is 2.05 bits per heavy atom. The summed E-state index contributed by atoms with van der Waals surface area (Å²) in [5.41, 5.74) is 3.95. The summed E-state index contributed by atoms with van der Waals surface area (Å²) < 4.78 is 6.07. The third-order valence-electron chi connectivity index (χ3n) is 4.10. The van der Waals surface area contributed by atoms with Gasteiger partial charge >= 0.3 is 0 Å². The molecule has 1 aliphatic rings. The molecule has 0 bridgehead atoms. The summed E-state index contributed by atoms with van der Waals surface area (Å²) in [7, 11) is 0. The van der Waals surface area contributed by atoms with Gasteiger partial charge in [-0.2, -0.15) is 0 Å². The summed E-state index contributed by atoms with van der Waals surface area (Å²) in [6, 6.07) is 8.05. The van der Waals surface area contributed by atoms with Crippen molar-refractivity contribution in [1.82, 2.24) is 5.43 Å². The number of hydrazine groups is 1. The number of hydrogen-bond acceptors (Lipinski definition) is 3. The maximum atomic E-state index is 6.25. The van der Waals surface area contributed by atoms with E-state index in [9.17, 15) is 0 Å². The van der Waals surface area contributed by atoms with Crippen LogP contribution in [-0.2, 0) is 11.2 Å². The van der Waals surface area contributed by atoms with E-state index in [1.165, 1.54) is 12.8 Å². The normalized spacial score (nSPS) is 19.5. The van der Waals surface area contributed by atoms with Crippen molar-refractivity contribution in [2.24, 2.45) is 5.84 Å². The van der Waals surface area contributed by atoms with E-state index in [1.807, 2.05) is 25.1 Å². The molecule has 0 amide bonds. The van der Waals surface area contributed by atoms with Crippen LogP contribution in [0.4, 0.5) is 0 Å². The number of hydrogen-bond donors (Lipinski definition) is 2. The molecule has 1 atom stereocenters. The first kappa shape index (κ1) is 14.8. The zero-order valence-electron chi connectivity index (χ0n) is 11.5. The highest BCUT2D eigenvalue weighted by atomic mass is 35.5. The van der Waals surface area contributed by atoms with Gasteiger partial charge in [-0.05, 0) is 37.8 Å². The second kappa shape index (κ2) is 6.71. The molecule has 0 aliphatic heterocycles. The van der Waals surface area contributed by atoms with Crippen LogP contribution in [0.15, 0.2) is 24.3 Å². The molecule has 1 aromatic carbocycles. The van der Waals surface area contributed by atoms with Gasteiger partial charge < -0.3 is 4.74 Å². The van der Waals surface area contributed by atoms with Crippen LogP contribution in [0.2, 0.25) is 5.02 Å². The monoisotopic (exact) mass is 282 g/mol. The lowest BCUT2D eigenvalue weighted by molar-refractivity contribution is -0.0613. The number of benzene rings is 1. The molecule has 19 heavy (non-hydrogen) atoms. The third-order valence-corrected chi connectivity index (χ3v) is 4.47. The largest absolute Gasteiger partial charge is 0.374 e. The minimum Gasteiger partial charge on any atom is -0.374 e. The number of rotatable bonds is 6. The number of nitrogens with two attached hydrogens (primary N) is 1. The molecule has 4 heteroatoms. The van der Waals surface area contributed by atoms with Crippen LogP contribution >= 0.6 is 11.6 Å². The van der Waals surface area contributed by atoms with Crippen molar-refractivity contribution in [3.8, 4) is 0 Å². The van der Waals surface area contributed by atoms with Crippen LogP contribution in [0.3, 0.4) is 0 Å². The molecule has 1 unspecified atom stereocenters. The molecular formula is C15H23ClN2O. The van der Waals surface area contributed by atoms with Crippen LogP contribution in [0, 0.1) is 0 Å². The smallest absolute Gasteiger partial charge is 0.0851 e. The Morgan fingerprint density at radius 3 is 2.63 bits per heavy atom. The summed E-state index contributed by atoms with van der Waals surface area (Å²) in [6.07, 6.45) is 5.36. The van der Waals surface area contributed by atoms with Gasteiger partial charge in [-0.25, -0.2) is 0 Å². The molecule has 106 valence electrons. The molecule has 3 nitrogen and oxygen atoms in total.